The molecule has 2 aromatic rings. The first-order chi connectivity index (χ1) is 7.33. The van der Waals surface area contributed by atoms with E-state index >= 15 is 0 Å². The second-order valence-electron chi connectivity index (χ2n) is 3.10. The van der Waals surface area contributed by atoms with E-state index in [4.69, 9.17) is 11.6 Å². The molecular formula is C11H13Cl2N3. The first-order valence-corrected chi connectivity index (χ1v) is 5.21. The fraction of sp³-hybridized carbons (Fsp3) is 0.182. The summed E-state index contributed by atoms with van der Waals surface area (Å²) in [6, 6.07) is 7.71. The maximum Gasteiger partial charge on any atom is 0.128 e. The van der Waals surface area contributed by atoms with Gasteiger partial charge in [-0.25, -0.2) is 4.68 Å². The van der Waals surface area contributed by atoms with E-state index in [1.807, 2.05) is 35.1 Å². The Kier molecular flexibility index (Phi) is 4.65. The molecule has 0 radical (unpaired) electrons. The van der Waals surface area contributed by atoms with E-state index in [2.05, 4.69) is 16.9 Å². The van der Waals surface area contributed by atoms with Crippen LogP contribution >= 0.6 is 24.0 Å². The van der Waals surface area contributed by atoms with Crippen molar-refractivity contribution in [3.63, 3.8) is 0 Å². The third-order valence-electron chi connectivity index (χ3n) is 2.20. The zero-order valence-electron chi connectivity index (χ0n) is 8.88. The predicted octanol–water partition coefficient (Wildman–Crippen LogP) is 3.25. The van der Waals surface area contributed by atoms with Gasteiger partial charge in [-0.15, -0.1) is 12.4 Å². The van der Waals surface area contributed by atoms with Crippen LogP contribution in [0, 0.1) is 0 Å². The average Bonchev–Trinajstić information content (AvgIpc) is 2.68. The topological polar surface area (TPSA) is 21.1 Å². The predicted molar refractivity (Wildman–Crippen MR) is 69.3 cm³/mol. The Morgan fingerprint density at radius 3 is 2.50 bits per heavy atom. The van der Waals surface area contributed by atoms with Gasteiger partial charge < -0.3 is 0 Å². The zero-order chi connectivity index (χ0) is 10.7. The monoisotopic (exact) mass is 257 g/mol. The number of halogens is 2. The van der Waals surface area contributed by atoms with Gasteiger partial charge in [0.25, 0.3) is 0 Å². The molecule has 0 unspecified atom stereocenters. The number of hydrogen-bond acceptors (Lipinski definition) is 2. The molecule has 2 rings (SSSR count). The van der Waals surface area contributed by atoms with Crippen molar-refractivity contribution >= 4 is 29.7 Å². The maximum absolute atomic E-state index is 6.07. The van der Waals surface area contributed by atoms with Crippen LogP contribution < -0.4 is 5.01 Å². The molecule has 0 amide bonds. The van der Waals surface area contributed by atoms with Gasteiger partial charge in [0, 0.05) is 25.1 Å². The van der Waals surface area contributed by atoms with Crippen molar-refractivity contribution in [2.75, 3.05) is 11.6 Å². The number of anilines is 1. The molecule has 0 bridgehead atoms. The van der Waals surface area contributed by atoms with E-state index in [0.717, 1.165) is 12.2 Å². The molecule has 0 aliphatic carbocycles. The molecule has 86 valence electrons. The summed E-state index contributed by atoms with van der Waals surface area (Å²) in [4.78, 5) is 4.00. The van der Waals surface area contributed by atoms with Gasteiger partial charge in [-0.2, -0.15) is 0 Å². The second-order valence-corrected chi connectivity index (χ2v) is 3.48. The summed E-state index contributed by atoms with van der Waals surface area (Å²) in [6.07, 6.45) is 5.48. The van der Waals surface area contributed by atoms with Crippen molar-refractivity contribution in [2.24, 2.45) is 0 Å². The second kappa shape index (κ2) is 5.77. The number of nitrogens with zero attached hydrogens (tertiary/aromatic N) is 3. The Hall–Kier alpha value is -1.19. The minimum atomic E-state index is 0. The van der Waals surface area contributed by atoms with E-state index in [1.54, 1.807) is 12.4 Å². The highest BCUT2D eigenvalue weighted by Crippen LogP contribution is 2.18. The lowest BCUT2D eigenvalue weighted by molar-refractivity contribution is 0.718. The molecule has 3 nitrogen and oxygen atoms in total. The van der Waals surface area contributed by atoms with Gasteiger partial charge in [0.1, 0.15) is 5.15 Å². The Morgan fingerprint density at radius 1 is 1.31 bits per heavy atom. The molecule has 5 heteroatoms. The highest BCUT2D eigenvalue weighted by Gasteiger charge is 2.07. The summed E-state index contributed by atoms with van der Waals surface area (Å²) >= 11 is 6.07. The molecule has 0 spiro atoms. The van der Waals surface area contributed by atoms with E-state index in [-0.39, 0.29) is 12.4 Å². The summed E-state index contributed by atoms with van der Waals surface area (Å²) in [5.74, 6) is 0. The SMILES string of the molecule is CCN(c1ccncc1)n1cccc1Cl.Cl. The van der Waals surface area contributed by atoms with Crippen LogP contribution in [0.1, 0.15) is 6.92 Å². The lowest BCUT2D eigenvalue weighted by Gasteiger charge is -2.24. The first kappa shape index (κ1) is 12.9. The van der Waals surface area contributed by atoms with Gasteiger partial charge in [0.05, 0.1) is 5.69 Å². The normalized spacial score (nSPS) is 9.62. The first-order valence-electron chi connectivity index (χ1n) is 4.83. The fourth-order valence-electron chi connectivity index (χ4n) is 1.52. The van der Waals surface area contributed by atoms with Gasteiger partial charge in [0.15, 0.2) is 0 Å². The molecule has 0 atom stereocenters. The zero-order valence-corrected chi connectivity index (χ0v) is 10.4. The van der Waals surface area contributed by atoms with E-state index in [0.29, 0.717) is 5.15 Å². The summed E-state index contributed by atoms with van der Waals surface area (Å²) in [5, 5.41) is 2.78. The van der Waals surface area contributed by atoms with Crippen LogP contribution in [-0.4, -0.2) is 16.2 Å². The van der Waals surface area contributed by atoms with Gasteiger partial charge >= 0.3 is 0 Å². The largest absolute Gasteiger partial charge is 0.281 e. The highest BCUT2D eigenvalue weighted by molar-refractivity contribution is 6.29. The van der Waals surface area contributed by atoms with E-state index in [1.165, 1.54) is 0 Å². The smallest absolute Gasteiger partial charge is 0.128 e. The minimum Gasteiger partial charge on any atom is -0.281 e. The summed E-state index contributed by atoms with van der Waals surface area (Å²) < 4.78 is 1.91. The molecule has 16 heavy (non-hydrogen) atoms. The van der Waals surface area contributed by atoms with E-state index < -0.39 is 0 Å². The third kappa shape index (κ3) is 2.49. The minimum absolute atomic E-state index is 0. The average molecular weight is 258 g/mol. The molecule has 0 saturated heterocycles. The molecule has 2 heterocycles. The Balaban J connectivity index is 0.00000128. The Bertz CT molecular complexity index is 428. The van der Waals surface area contributed by atoms with Crippen molar-refractivity contribution in [2.45, 2.75) is 6.92 Å². The number of pyridine rings is 1. The molecule has 0 aliphatic rings. The molecular weight excluding hydrogens is 245 g/mol. The van der Waals surface area contributed by atoms with E-state index in [9.17, 15) is 0 Å². The van der Waals surface area contributed by atoms with Gasteiger partial charge in [-0.3, -0.25) is 9.99 Å². The van der Waals surface area contributed by atoms with Gasteiger partial charge in [-0.05, 0) is 31.2 Å². The van der Waals surface area contributed by atoms with Crippen molar-refractivity contribution < 1.29 is 0 Å². The quantitative estimate of drug-likeness (QED) is 0.842. The van der Waals surface area contributed by atoms with Crippen LogP contribution in [0.2, 0.25) is 5.15 Å². The number of aromatic nitrogens is 2. The molecule has 2 aromatic heterocycles. The third-order valence-corrected chi connectivity index (χ3v) is 2.50. The number of hydrogen-bond donors (Lipinski definition) is 0. The van der Waals surface area contributed by atoms with Gasteiger partial charge in [0.2, 0.25) is 0 Å². The van der Waals surface area contributed by atoms with Crippen molar-refractivity contribution in [1.29, 1.82) is 0 Å². The molecule has 0 fully saturated rings. The lowest BCUT2D eigenvalue weighted by atomic mass is 10.4. The molecule has 0 N–H and O–H groups in total. The summed E-state index contributed by atoms with van der Waals surface area (Å²) in [7, 11) is 0. The van der Waals surface area contributed by atoms with Crippen molar-refractivity contribution in [1.82, 2.24) is 9.66 Å². The van der Waals surface area contributed by atoms with Gasteiger partial charge in [-0.1, -0.05) is 11.6 Å². The maximum atomic E-state index is 6.07. The molecule has 0 aliphatic heterocycles. The van der Waals surface area contributed by atoms with Crippen molar-refractivity contribution in [3.8, 4) is 0 Å². The number of rotatable bonds is 3. The standard InChI is InChI=1S/C11H12ClN3.ClH/c1-2-14(10-5-7-13-8-6-10)15-9-3-4-11(15)12;/h3-9H,2H2,1H3;1H. The fourth-order valence-corrected chi connectivity index (χ4v) is 1.74. The van der Waals surface area contributed by atoms with Crippen LogP contribution in [0.15, 0.2) is 42.9 Å². The van der Waals surface area contributed by atoms with Crippen LogP contribution in [0.3, 0.4) is 0 Å². The van der Waals surface area contributed by atoms with Crippen LogP contribution in [0.5, 0.6) is 0 Å². The van der Waals surface area contributed by atoms with Crippen LogP contribution in [0.25, 0.3) is 0 Å². The summed E-state index contributed by atoms with van der Waals surface area (Å²) in [6.45, 7) is 2.93. The Morgan fingerprint density at radius 2 is 2.00 bits per heavy atom. The molecule has 0 saturated carbocycles. The molecule has 0 aromatic carbocycles. The van der Waals surface area contributed by atoms with Crippen LogP contribution in [0.4, 0.5) is 5.69 Å². The highest BCUT2D eigenvalue weighted by atomic mass is 35.5. The summed E-state index contributed by atoms with van der Waals surface area (Å²) in [5.41, 5.74) is 1.07. The lowest BCUT2D eigenvalue weighted by Crippen LogP contribution is -2.28. The van der Waals surface area contributed by atoms with Crippen molar-refractivity contribution in [3.05, 3.63) is 48.0 Å². The van der Waals surface area contributed by atoms with Crippen LogP contribution in [-0.2, 0) is 0 Å². The Labute approximate surface area is 106 Å².